The summed E-state index contributed by atoms with van der Waals surface area (Å²) in [6, 6.07) is 15.0. The van der Waals surface area contributed by atoms with E-state index in [1.54, 1.807) is 12.1 Å². The fourth-order valence-electron chi connectivity index (χ4n) is 5.14. The van der Waals surface area contributed by atoms with Crippen molar-refractivity contribution >= 4 is 17.6 Å². The van der Waals surface area contributed by atoms with E-state index in [1.165, 1.54) is 41.0 Å². The van der Waals surface area contributed by atoms with Crippen LogP contribution in [0.3, 0.4) is 0 Å². The molecule has 0 spiro atoms. The van der Waals surface area contributed by atoms with Crippen LogP contribution in [0.2, 0.25) is 0 Å². The number of ketones is 1. The lowest BCUT2D eigenvalue weighted by Gasteiger charge is -2.21. The Labute approximate surface area is 234 Å². The molecule has 1 aliphatic carbocycles. The van der Waals surface area contributed by atoms with Gasteiger partial charge in [-0.2, -0.15) is 0 Å². The number of nitrogens with zero attached hydrogens (tertiary/aromatic N) is 1. The molecule has 0 aliphatic heterocycles. The van der Waals surface area contributed by atoms with Crippen molar-refractivity contribution in [3.8, 4) is 5.69 Å². The van der Waals surface area contributed by atoms with Gasteiger partial charge < -0.3 is 15.8 Å². The van der Waals surface area contributed by atoms with E-state index < -0.39 is 11.6 Å². The first-order chi connectivity index (χ1) is 19.2. The SMILES string of the molecule is CC(C)C[C@@H](NCCCc1ccc(-n2c(N)c(C(=O)c3ccc(F)cc3)ccc2=O)cc1)C(=O)OC1CCCC1. The first-order valence-corrected chi connectivity index (χ1v) is 14.1. The van der Waals surface area contributed by atoms with E-state index in [0.29, 0.717) is 18.2 Å². The number of hydrogen-bond donors (Lipinski definition) is 2. The van der Waals surface area contributed by atoms with Crippen LogP contribution in [0.25, 0.3) is 5.69 Å². The predicted molar refractivity (Wildman–Crippen MR) is 154 cm³/mol. The van der Waals surface area contributed by atoms with Gasteiger partial charge in [0.05, 0.1) is 11.3 Å². The van der Waals surface area contributed by atoms with Crippen molar-refractivity contribution < 1.29 is 18.7 Å². The van der Waals surface area contributed by atoms with E-state index >= 15 is 0 Å². The van der Waals surface area contributed by atoms with Gasteiger partial charge in [0.15, 0.2) is 5.78 Å². The molecule has 212 valence electrons. The third-order valence-electron chi connectivity index (χ3n) is 7.29. The number of carbonyl (C=O) groups is 2. The maximum Gasteiger partial charge on any atom is 0.323 e. The van der Waals surface area contributed by atoms with Crippen LogP contribution in [-0.2, 0) is 16.0 Å². The molecule has 0 unspecified atom stereocenters. The van der Waals surface area contributed by atoms with Gasteiger partial charge in [-0.25, -0.2) is 4.39 Å². The summed E-state index contributed by atoms with van der Waals surface area (Å²) in [7, 11) is 0. The van der Waals surface area contributed by atoms with Crippen LogP contribution in [0, 0.1) is 11.7 Å². The maximum atomic E-state index is 13.3. The Morgan fingerprint density at radius 2 is 1.70 bits per heavy atom. The van der Waals surface area contributed by atoms with Gasteiger partial charge in [-0.15, -0.1) is 0 Å². The van der Waals surface area contributed by atoms with Gasteiger partial charge in [0.25, 0.3) is 5.56 Å². The van der Waals surface area contributed by atoms with Crippen molar-refractivity contribution in [3.63, 3.8) is 0 Å². The largest absolute Gasteiger partial charge is 0.461 e. The van der Waals surface area contributed by atoms with Crippen LogP contribution in [0.15, 0.2) is 65.5 Å². The average Bonchev–Trinajstić information content (AvgIpc) is 3.44. The highest BCUT2D eigenvalue weighted by Gasteiger charge is 2.26. The number of anilines is 1. The second-order valence-electron chi connectivity index (χ2n) is 10.9. The number of pyridine rings is 1. The zero-order chi connectivity index (χ0) is 28.6. The number of hydrogen-bond acceptors (Lipinski definition) is 6. The molecule has 2 aromatic carbocycles. The standard InChI is InChI=1S/C32H38FN3O4/c1-21(2)20-28(32(39)40-26-7-3-4-8-26)35-19-5-6-22-9-15-25(16-10-22)36-29(37)18-17-27(31(36)34)30(38)23-11-13-24(33)14-12-23/h9-18,21,26,28,35H,3-8,19-20,34H2,1-2H3/t28-/m1/s1. The Kier molecular flexibility index (Phi) is 9.88. The number of ether oxygens (including phenoxy) is 1. The Bertz CT molecular complexity index is 1360. The topological polar surface area (TPSA) is 103 Å². The number of aryl methyl sites for hydroxylation is 1. The molecule has 0 saturated heterocycles. The summed E-state index contributed by atoms with van der Waals surface area (Å²) in [6.45, 7) is 4.88. The van der Waals surface area contributed by atoms with Crippen molar-refractivity contribution in [3.05, 3.63) is 93.5 Å². The summed E-state index contributed by atoms with van der Waals surface area (Å²) < 4.78 is 20.3. The Morgan fingerprint density at radius 3 is 2.35 bits per heavy atom. The first-order valence-electron chi connectivity index (χ1n) is 14.1. The summed E-state index contributed by atoms with van der Waals surface area (Å²) in [5, 5.41) is 3.39. The molecule has 0 bridgehead atoms. The monoisotopic (exact) mass is 547 g/mol. The van der Waals surface area contributed by atoms with E-state index in [0.717, 1.165) is 50.5 Å². The van der Waals surface area contributed by atoms with E-state index in [9.17, 15) is 18.8 Å². The molecule has 3 N–H and O–H groups in total. The second-order valence-corrected chi connectivity index (χ2v) is 10.9. The van der Waals surface area contributed by atoms with Gasteiger partial charge in [-0.3, -0.25) is 19.0 Å². The summed E-state index contributed by atoms with van der Waals surface area (Å²) >= 11 is 0. The minimum Gasteiger partial charge on any atom is -0.461 e. The Morgan fingerprint density at radius 1 is 1.02 bits per heavy atom. The molecule has 1 heterocycles. The third kappa shape index (κ3) is 7.45. The average molecular weight is 548 g/mol. The van der Waals surface area contributed by atoms with Gasteiger partial charge in [0.1, 0.15) is 23.8 Å². The van der Waals surface area contributed by atoms with Crippen molar-refractivity contribution in [1.82, 2.24) is 9.88 Å². The molecule has 3 aromatic rings. The van der Waals surface area contributed by atoms with Crippen LogP contribution in [0.1, 0.15) is 73.9 Å². The molecule has 7 nitrogen and oxygen atoms in total. The van der Waals surface area contributed by atoms with Gasteiger partial charge in [-0.1, -0.05) is 26.0 Å². The normalized spacial score (nSPS) is 14.4. The summed E-state index contributed by atoms with van der Waals surface area (Å²) in [5.41, 5.74) is 8.00. The fraction of sp³-hybridized carbons (Fsp3) is 0.406. The van der Waals surface area contributed by atoms with Crippen molar-refractivity contribution in [2.24, 2.45) is 5.92 Å². The molecule has 40 heavy (non-hydrogen) atoms. The van der Waals surface area contributed by atoms with Gasteiger partial charge in [0, 0.05) is 11.6 Å². The predicted octanol–water partition coefficient (Wildman–Crippen LogP) is 5.21. The molecule has 1 aromatic heterocycles. The van der Waals surface area contributed by atoms with Gasteiger partial charge in [-0.05, 0) is 105 Å². The number of nitrogens with one attached hydrogen (secondary N) is 1. The van der Waals surface area contributed by atoms with Crippen molar-refractivity contribution in [1.29, 1.82) is 0 Å². The zero-order valence-electron chi connectivity index (χ0n) is 23.2. The van der Waals surface area contributed by atoms with E-state index in [-0.39, 0.29) is 40.6 Å². The second kappa shape index (κ2) is 13.5. The molecule has 0 amide bonds. The fourth-order valence-corrected chi connectivity index (χ4v) is 5.14. The van der Waals surface area contributed by atoms with Crippen LogP contribution in [-0.4, -0.2) is 35.0 Å². The molecule has 0 radical (unpaired) electrons. The summed E-state index contributed by atoms with van der Waals surface area (Å²) in [6.07, 6.45) is 6.58. The number of carbonyl (C=O) groups excluding carboxylic acids is 2. The maximum absolute atomic E-state index is 13.3. The Balaban J connectivity index is 1.37. The van der Waals surface area contributed by atoms with Gasteiger partial charge in [0.2, 0.25) is 0 Å². The summed E-state index contributed by atoms with van der Waals surface area (Å²) in [5.74, 6) is -0.574. The highest BCUT2D eigenvalue weighted by atomic mass is 19.1. The highest BCUT2D eigenvalue weighted by Crippen LogP contribution is 2.22. The summed E-state index contributed by atoms with van der Waals surface area (Å²) in [4.78, 5) is 38.4. The molecular weight excluding hydrogens is 509 g/mol. The minimum atomic E-state index is -0.442. The smallest absolute Gasteiger partial charge is 0.323 e. The van der Waals surface area contributed by atoms with Crippen molar-refractivity contribution in [2.75, 3.05) is 12.3 Å². The van der Waals surface area contributed by atoms with Crippen LogP contribution < -0.4 is 16.6 Å². The zero-order valence-corrected chi connectivity index (χ0v) is 23.2. The van der Waals surface area contributed by atoms with E-state index in [4.69, 9.17) is 10.5 Å². The van der Waals surface area contributed by atoms with E-state index in [1.807, 2.05) is 12.1 Å². The lowest BCUT2D eigenvalue weighted by Crippen LogP contribution is -2.41. The van der Waals surface area contributed by atoms with Crippen LogP contribution in [0.4, 0.5) is 10.2 Å². The van der Waals surface area contributed by atoms with Crippen LogP contribution in [0.5, 0.6) is 0 Å². The van der Waals surface area contributed by atoms with E-state index in [2.05, 4.69) is 19.2 Å². The molecular formula is C32H38FN3O4. The molecule has 1 atom stereocenters. The number of nitrogens with two attached hydrogens (primary N) is 1. The Hall–Kier alpha value is -3.78. The number of nitrogen functional groups attached to an aromatic ring is 1. The molecule has 8 heteroatoms. The lowest BCUT2D eigenvalue weighted by atomic mass is 10.0. The highest BCUT2D eigenvalue weighted by molar-refractivity contribution is 6.11. The number of benzene rings is 2. The van der Waals surface area contributed by atoms with Gasteiger partial charge >= 0.3 is 5.97 Å². The quantitative estimate of drug-likeness (QED) is 0.183. The molecule has 1 fully saturated rings. The molecule has 1 aliphatic rings. The third-order valence-corrected chi connectivity index (χ3v) is 7.29. The first kappa shape index (κ1) is 29.2. The molecule has 4 rings (SSSR count). The number of rotatable bonds is 12. The number of esters is 1. The lowest BCUT2D eigenvalue weighted by molar-refractivity contribution is -0.151. The number of aromatic nitrogens is 1. The minimum absolute atomic E-state index is 0.0273. The van der Waals surface area contributed by atoms with Crippen molar-refractivity contribution in [2.45, 2.75) is 70.9 Å². The number of halogens is 1. The van der Waals surface area contributed by atoms with Crippen LogP contribution >= 0.6 is 0 Å². The molecule has 1 saturated carbocycles.